The van der Waals surface area contributed by atoms with Gasteiger partial charge in [0.1, 0.15) is 5.75 Å². The number of nitrogens with one attached hydrogen (secondary N) is 1. The van der Waals surface area contributed by atoms with Crippen molar-refractivity contribution < 1.29 is 29.0 Å². The molecule has 0 saturated carbocycles. The molecule has 1 aliphatic heterocycles. The highest BCUT2D eigenvalue weighted by atomic mass is 32.2. The third kappa shape index (κ3) is 4.67. The highest BCUT2D eigenvalue weighted by Gasteiger charge is 2.25. The van der Waals surface area contributed by atoms with E-state index in [0.29, 0.717) is 11.3 Å². The molecule has 2 N–H and O–H groups in total. The number of hydrogen-bond acceptors (Lipinski definition) is 8. The number of benzene rings is 1. The molecule has 0 bridgehead atoms. The predicted molar refractivity (Wildman–Crippen MR) is 90.8 cm³/mol. The highest BCUT2D eigenvalue weighted by Crippen LogP contribution is 2.23. The van der Waals surface area contributed by atoms with Gasteiger partial charge in [-0.2, -0.15) is 5.10 Å². The zero-order valence-corrected chi connectivity index (χ0v) is 14.0. The Labute approximate surface area is 146 Å². The van der Waals surface area contributed by atoms with Crippen LogP contribution in [0.1, 0.15) is 15.9 Å². The number of carbonyl (C=O) groups is 3. The van der Waals surface area contributed by atoms with E-state index in [1.165, 1.54) is 38.6 Å². The van der Waals surface area contributed by atoms with E-state index in [-0.39, 0.29) is 15.6 Å². The van der Waals surface area contributed by atoms with Crippen LogP contribution in [0.25, 0.3) is 0 Å². The Hall–Kier alpha value is -3.14. The number of carboxylic acids is 1. The molecule has 1 aromatic carbocycles. The predicted octanol–water partition coefficient (Wildman–Crippen LogP) is 1.00. The first-order chi connectivity index (χ1) is 11.9. The normalized spacial score (nSPS) is 17.1. The van der Waals surface area contributed by atoms with Crippen LogP contribution in [0.15, 0.2) is 39.4 Å². The molecule has 130 valence electrons. The molecule has 2 rings (SSSR count). The summed E-state index contributed by atoms with van der Waals surface area (Å²) in [5, 5.41) is 19.3. The fourth-order valence-electron chi connectivity index (χ4n) is 1.75. The Bertz CT molecular complexity index is 815. The number of thioether (sulfide) groups is 1. The van der Waals surface area contributed by atoms with E-state index in [1.54, 1.807) is 0 Å². The summed E-state index contributed by atoms with van der Waals surface area (Å²) in [5.74, 6) is -1.81. The van der Waals surface area contributed by atoms with E-state index >= 15 is 0 Å². The lowest BCUT2D eigenvalue weighted by Gasteiger charge is -2.04. The Morgan fingerprint density at radius 1 is 1.32 bits per heavy atom. The minimum absolute atomic E-state index is 0.0711. The van der Waals surface area contributed by atoms with Crippen molar-refractivity contribution in [1.82, 2.24) is 5.32 Å². The lowest BCUT2D eigenvalue weighted by atomic mass is 10.1. The van der Waals surface area contributed by atoms with E-state index in [2.05, 4.69) is 20.3 Å². The van der Waals surface area contributed by atoms with Crippen LogP contribution >= 0.6 is 11.8 Å². The summed E-state index contributed by atoms with van der Waals surface area (Å²) in [7, 11) is 2.64. The minimum Gasteiger partial charge on any atom is -0.496 e. The molecule has 1 heterocycles. The molecule has 0 radical (unpaired) electrons. The lowest BCUT2D eigenvalue weighted by molar-refractivity contribution is -0.135. The molecule has 25 heavy (non-hydrogen) atoms. The van der Waals surface area contributed by atoms with Crippen LogP contribution in [0.4, 0.5) is 0 Å². The van der Waals surface area contributed by atoms with Crippen molar-refractivity contribution >= 4 is 41.0 Å². The molecular formula is C15H13N3O6S. The number of rotatable bonds is 5. The molecule has 0 aliphatic carbocycles. The van der Waals surface area contributed by atoms with Gasteiger partial charge in [-0.3, -0.25) is 10.1 Å². The molecule has 10 heteroatoms. The summed E-state index contributed by atoms with van der Waals surface area (Å²) < 4.78 is 9.58. The number of carboxylic acid groups (broad SMARTS) is 1. The van der Waals surface area contributed by atoms with Crippen LogP contribution in [0.2, 0.25) is 0 Å². The molecule has 0 atom stereocenters. The second-order valence-corrected chi connectivity index (χ2v) is 5.53. The van der Waals surface area contributed by atoms with Gasteiger partial charge in [-0.05, 0) is 30.0 Å². The van der Waals surface area contributed by atoms with Crippen molar-refractivity contribution in [3.8, 4) is 5.75 Å². The number of amidine groups is 1. The molecule has 1 aliphatic rings. The molecule has 9 nitrogen and oxygen atoms in total. The van der Waals surface area contributed by atoms with Crippen LogP contribution in [0.3, 0.4) is 0 Å². The quantitative estimate of drug-likeness (QED) is 0.346. The van der Waals surface area contributed by atoms with Crippen LogP contribution < -0.4 is 10.1 Å². The number of esters is 1. The molecule has 1 aromatic rings. The number of hydrogen-bond donors (Lipinski definition) is 2. The molecule has 1 fully saturated rings. The standard InChI is InChI=1S/C15H13N3O6S/c1-23-10-4-3-8(14(21)22)5-9(10)7-16-18-15-17-13(20)11(25-15)6-12(19)24-2/h3-7H,1-2H3,(H,21,22)(H,17,18,20)/b11-6+,16-7?. The zero-order valence-electron chi connectivity index (χ0n) is 13.2. The molecule has 0 unspecified atom stereocenters. The Kier molecular flexibility index (Phi) is 5.90. The van der Waals surface area contributed by atoms with Crippen LogP contribution in [-0.2, 0) is 14.3 Å². The number of carbonyl (C=O) groups excluding carboxylic acids is 2. The summed E-state index contributed by atoms with van der Waals surface area (Å²) in [6.07, 6.45) is 2.35. The first kappa shape index (κ1) is 18.2. The number of ether oxygens (including phenoxy) is 2. The second-order valence-electron chi connectivity index (χ2n) is 4.50. The van der Waals surface area contributed by atoms with Crippen LogP contribution in [0.5, 0.6) is 5.75 Å². The zero-order chi connectivity index (χ0) is 18.4. The van der Waals surface area contributed by atoms with Crippen molar-refractivity contribution in [3.05, 3.63) is 40.3 Å². The Morgan fingerprint density at radius 3 is 2.72 bits per heavy atom. The number of nitrogens with zero attached hydrogens (tertiary/aromatic N) is 2. The maximum Gasteiger partial charge on any atom is 0.335 e. The van der Waals surface area contributed by atoms with Gasteiger partial charge < -0.3 is 14.6 Å². The smallest absolute Gasteiger partial charge is 0.335 e. The van der Waals surface area contributed by atoms with E-state index in [9.17, 15) is 14.4 Å². The maximum atomic E-state index is 11.7. The molecule has 1 amide bonds. The van der Waals surface area contributed by atoms with Gasteiger partial charge in [0, 0.05) is 11.6 Å². The van der Waals surface area contributed by atoms with Crippen LogP contribution in [-0.4, -0.2) is 48.6 Å². The van der Waals surface area contributed by atoms with Crippen molar-refractivity contribution in [2.75, 3.05) is 14.2 Å². The Balaban J connectivity index is 2.18. The lowest BCUT2D eigenvalue weighted by Crippen LogP contribution is -2.19. The largest absolute Gasteiger partial charge is 0.496 e. The summed E-state index contributed by atoms with van der Waals surface area (Å²) in [6.45, 7) is 0. The first-order valence-electron chi connectivity index (χ1n) is 6.75. The first-order valence-corrected chi connectivity index (χ1v) is 7.57. The minimum atomic E-state index is -1.08. The highest BCUT2D eigenvalue weighted by molar-refractivity contribution is 8.18. The van der Waals surface area contributed by atoms with Gasteiger partial charge in [-0.1, -0.05) is 0 Å². The number of methoxy groups -OCH3 is 2. The van der Waals surface area contributed by atoms with Crippen molar-refractivity contribution in [1.29, 1.82) is 0 Å². The fraction of sp³-hybridized carbons (Fsp3) is 0.133. The SMILES string of the molecule is COC(=O)/C=C1/S/C(=N\N=Cc2cc(C(=O)O)ccc2OC)NC1=O. The van der Waals surface area contributed by atoms with E-state index in [4.69, 9.17) is 9.84 Å². The average Bonchev–Trinajstić information content (AvgIpc) is 2.94. The summed E-state index contributed by atoms with van der Waals surface area (Å²) in [4.78, 5) is 34.0. The third-order valence-corrected chi connectivity index (χ3v) is 3.82. The number of amides is 1. The van der Waals surface area contributed by atoms with Crippen molar-refractivity contribution in [2.24, 2.45) is 10.2 Å². The van der Waals surface area contributed by atoms with Crippen molar-refractivity contribution in [2.45, 2.75) is 0 Å². The summed E-state index contributed by atoms with van der Waals surface area (Å²) in [6, 6.07) is 4.29. The fourth-order valence-corrected chi connectivity index (χ4v) is 2.49. The summed E-state index contributed by atoms with van der Waals surface area (Å²) >= 11 is 0.926. The van der Waals surface area contributed by atoms with Gasteiger partial charge >= 0.3 is 11.9 Å². The monoisotopic (exact) mass is 363 g/mol. The summed E-state index contributed by atoms with van der Waals surface area (Å²) in [5.41, 5.74) is 0.480. The van der Waals surface area contributed by atoms with Gasteiger partial charge in [-0.25, -0.2) is 9.59 Å². The van der Waals surface area contributed by atoms with Gasteiger partial charge in [0.05, 0.1) is 30.9 Å². The van der Waals surface area contributed by atoms with Gasteiger partial charge in [0.25, 0.3) is 5.91 Å². The maximum absolute atomic E-state index is 11.7. The Morgan fingerprint density at radius 2 is 2.08 bits per heavy atom. The van der Waals surface area contributed by atoms with Gasteiger partial charge in [0.2, 0.25) is 0 Å². The molecule has 1 saturated heterocycles. The van der Waals surface area contributed by atoms with Crippen LogP contribution in [0, 0.1) is 0 Å². The van der Waals surface area contributed by atoms with Gasteiger partial charge in [0.15, 0.2) is 5.17 Å². The molecule has 0 spiro atoms. The molecular weight excluding hydrogens is 350 g/mol. The van der Waals surface area contributed by atoms with E-state index in [0.717, 1.165) is 17.8 Å². The van der Waals surface area contributed by atoms with Gasteiger partial charge in [-0.15, -0.1) is 5.10 Å². The van der Waals surface area contributed by atoms with E-state index in [1.807, 2.05) is 0 Å². The average molecular weight is 363 g/mol. The van der Waals surface area contributed by atoms with Crippen molar-refractivity contribution in [3.63, 3.8) is 0 Å². The number of aromatic carboxylic acids is 1. The second kappa shape index (κ2) is 8.11. The van der Waals surface area contributed by atoms with E-state index < -0.39 is 17.8 Å². The topological polar surface area (TPSA) is 127 Å². The third-order valence-electron chi connectivity index (χ3n) is 2.92. The molecule has 0 aromatic heterocycles.